The van der Waals surface area contributed by atoms with Gasteiger partial charge in [-0.15, -0.1) is 0 Å². The van der Waals surface area contributed by atoms with Crippen molar-refractivity contribution >= 4 is 5.97 Å². The molecule has 0 bridgehead atoms. The minimum Gasteiger partial charge on any atom is -0.466 e. The van der Waals surface area contributed by atoms with Gasteiger partial charge in [-0.1, -0.05) is 37.3 Å². The maximum Gasteiger partial charge on any atom is 0.307 e. The Hall–Kier alpha value is -1.35. The quantitative estimate of drug-likeness (QED) is 0.675. The van der Waals surface area contributed by atoms with E-state index in [0.29, 0.717) is 18.9 Å². The summed E-state index contributed by atoms with van der Waals surface area (Å²) in [6.45, 7) is 6.23. The number of hydrogen-bond acceptors (Lipinski definition) is 3. The maximum atomic E-state index is 11.3. The van der Waals surface area contributed by atoms with Crippen LogP contribution in [-0.4, -0.2) is 37.6 Å². The Bertz CT molecular complexity index is 364. The molecular formula is C16H25NO2. The van der Waals surface area contributed by atoms with Gasteiger partial charge in [0.2, 0.25) is 0 Å². The summed E-state index contributed by atoms with van der Waals surface area (Å²) in [5, 5.41) is 0. The van der Waals surface area contributed by atoms with E-state index in [4.69, 9.17) is 4.74 Å². The van der Waals surface area contributed by atoms with Crippen molar-refractivity contribution in [3.8, 4) is 0 Å². The smallest absolute Gasteiger partial charge is 0.307 e. The summed E-state index contributed by atoms with van der Waals surface area (Å²) in [6.07, 6.45) is 1.57. The van der Waals surface area contributed by atoms with Gasteiger partial charge in [-0.2, -0.15) is 0 Å². The second-order valence-corrected chi connectivity index (χ2v) is 4.83. The molecule has 0 heterocycles. The largest absolute Gasteiger partial charge is 0.466 e. The number of rotatable bonds is 8. The van der Waals surface area contributed by atoms with Gasteiger partial charge in [0.25, 0.3) is 0 Å². The second kappa shape index (κ2) is 8.70. The molecule has 1 atom stereocenters. The van der Waals surface area contributed by atoms with Crippen molar-refractivity contribution < 1.29 is 9.53 Å². The lowest BCUT2D eigenvalue weighted by molar-refractivity contribution is -0.143. The number of likely N-dealkylation sites (N-methyl/N-ethyl adjacent to an activating group) is 1. The Morgan fingerprint density at radius 1 is 1.26 bits per heavy atom. The summed E-state index contributed by atoms with van der Waals surface area (Å²) < 4.78 is 4.94. The van der Waals surface area contributed by atoms with E-state index in [2.05, 4.69) is 43.1 Å². The highest BCUT2D eigenvalue weighted by Crippen LogP contribution is 2.19. The third-order valence-electron chi connectivity index (χ3n) is 3.30. The highest BCUT2D eigenvalue weighted by molar-refractivity contribution is 5.69. The van der Waals surface area contributed by atoms with Gasteiger partial charge in [0.1, 0.15) is 0 Å². The zero-order valence-corrected chi connectivity index (χ0v) is 12.3. The van der Waals surface area contributed by atoms with Crippen LogP contribution in [0.25, 0.3) is 0 Å². The van der Waals surface area contributed by atoms with Crippen LogP contribution in [0.4, 0.5) is 0 Å². The first-order chi connectivity index (χ1) is 9.17. The lowest BCUT2D eigenvalue weighted by Gasteiger charge is -2.23. The minimum atomic E-state index is -0.109. The Kier molecular flexibility index (Phi) is 7.19. The van der Waals surface area contributed by atoms with Gasteiger partial charge in [-0.3, -0.25) is 4.79 Å². The Balaban J connectivity index is 2.41. The number of carbonyl (C=O) groups is 1. The summed E-state index contributed by atoms with van der Waals surface area (Å²) >= 11 is 0. The third kappa shape index (κ3) is 5.88. The molecule has 3 nitrogen and oxygen atoms in total. The maximum absolute atomic E-state index is 11.3. The first-order valence-electron chi connectivity index (χ1n) is 7.06. The Morgan fingerprint density at radius 3 is 2.53 bits per heavy atom. The van der Waals surface area contributed by atoms with Gasteiger partial charge in [0.15, 0.2) is 0 Å². The highest BCUT2D eigenvalue weighted by atomic mass is 16.5. The number of ether oxygens (including phenoxy) is 1. The molecule has 0 spiro atoms. The number of carbonyl (C=O) groups excluding carboxylic acids is 1. The molecule has 0 aromatic heterocycles. The van der Waals surface area contributed by atoms with Crippen LogP contribution in [0.15, 0.2) is 30.3 Å². The molecule has 19 heavy (non-hydrogen) atoms. The number of benzene rings is 1. The van der Waals surface area contributed by atoms with Crippen LogP contribution in [0.1, 0.15) is 38.2 Å². The van der Waals surface area contributed by atoms with E-state index < -0.39 is 0 Å². The summed E-state index contributed by atoms with van der Waals surface area (Å²) in [5.41, 5.74) is 1.37. The van der Waals surface area contributed by atoms with E-state index in [1.54, 1.807) is 0 Å². The summed E-state index contributed by atoms with van der Waals surface area (Å²) in [7, 11) is 2.06. The number of esters is 1. The molecule has 0 saturated carbocycles. The van der Waals surface area contributed by atoms with Crippen molar-refractivity contribution in [3.05, 3.63) is 35.9 Å². The molecule has 0 fully saturated rings. The molecule has 106 valence electrons. The van der Waals surface area contributed by atoms with Crippen molar-refractivity contribution in [2.45, 2.75) is 32.6 Å². The van der Waals surface area contributed by atoms with E-state index in [1.807, 2.05) is 13.0 Å². The monoisotopic (exact) mass is 263 g/mol. The van der Waals surface area contributed by atoms with Crippen molar-refractivity contribution in [1.29, 1.82) is 0 Å². The van der Waals surface area contributed by atoms with Crippen LogP contribution >= 0.6 is 0 Å². The number of hydrogen-bond donors (Lipinski definition) is 0. The molecule has 0 aliphatic carbocycles. The van der Waals surface area contributed by atoms with Crippen molar-refractivity contribution in [3.63, 3.8) is 0 Å². The molecule has 3 heteroatoms. The SMILES string of the molecule is CCOC(=O)CCN(C)CC(CC)c1ccccc1. The van der Waals surface area contributed by atoms with E-state index >= 15 is 0 Å². The topological polar surface area (TPSA) is 29.5 Å². The van der Waals surface area contributed by atoms with Crippen LogP contribution in [0.5, 0.6) is 0 Å². The molecule has 0 amide bonds. The zero-order valence-electron chi connectivity index (χ0n) is 12.3. The first-order valence-corrected chi connectivity index (χ1v) is 7.06. The van der Waals surface area contributed by atoms with E-state index in [0.717, 1.165) is 19.5 Å². The summed E-state index contributed by atoms with van der Waals surface area (Å²) in [5.74, 6) is 0.413. The molecule has 0 aliphatic heterocycles. The average molecular weight is 263 g/mol. The van der Waals surface area contributed by atoms with E-state index in [-0.39, 0.29) is 5.97 Å². The third-order valence-corrected chi connectivity index (χ3v) is 3.30. The fraction of sp³-hybridized carbons (Fsp3) is 0.562. The average Bonchev–Trinajstić information content (AvgIpc) is 2.44. The standard InChI is InChI=1S/C16H25NO2/c1-4-14(15-9-7-6-8-10-15)13-17(3)12-11-16(18)19-5-2/h6-10,14H,4-5,11-13H2,1-3H3. The van der Waals surface area contributed by atoms with Crippen LogP contribution in [-0.2, 0) is 9.53 Å². The molecule has 1 rings (SSSR count). The molecule has 0 radical (unpaired) electrons. The molecule has 1 aromatic rings. The Labute approximate surface area is 116 Å². The minimum absolute atomic E-state index is 0.109. The van der Waals surface area contributed by atoms with Gasteiger partial charge in [-0.25, -0.2) is 0 Å². The van der Waals surface area contributed by atoms with Gasteiger partial charge >= 0.3 is 5.97 Å². The fourth-order valence-corrected chi connectivity index (χ4v) is 2.18. The van der Waals surface area contributed by atoms with Crippen LogP contribution < -0.4 is 0 Å². The predicted octanol–water partition coefficient (Wildman–Crippen LogP) is 3.07. The Morgan fingerprint density at radius 2 is 1.95 bits per heavy atom. The molecule has 0 aliphatic rings. The highest BCUT2D eigenvalue weighted by Gasteiger charge is 2.13. The zero-order chi connectivity index (χ0) is 14.1. The van der Waals surface area contributed by atoms with Crippen molar-refractivity contribution in [2.24, 2.45) is 0 Å². The molecule has 0 saturated heterocycles. The van der Waals surface area contributed by atoms with E-state index in [9.17, 15) is 4.79 Å². The molecule has 0 N–H and O–H groups in total. The first kappa shape index (κ1) is 15.7. The van der Waals surface area contributed by atoms with Crippen LogP contribution in [0.3, 0.4) is 0 Å². The van der Waals surface area contributed by atoms with E-state index in [1.165, 1.54) is 5.56 Å². The normalized spacial score (nSPS) is 12.4. The lowest BCUT2D eigenvalue weighted by Crippen LogP contribution is -2.27. The van der Waals surface area contributed by atoms with Crippen LogP contribution in [0.2, 0.25) is 0 Å². The molecule has 1 unspecified atom stereocenters. The van der Waals surface area contributed by atoms with Crippen LogP contribution in [0, 0.1) is 0 Å². The van der Waals surface area contributed by atoms with Gasteiger partial charge in [0.05, 0.1) is 13.0 Å². The van der Waals surface area contributed by atoms with Crippen molar-refractivity contribution in [2.75, 3.05) is 26.7 Å². The second-order valence-electron chi connectivity index (χ2n) is 4.83. The van der Waals surface area contributed by atoms with Crippen molar-refractivity contribution in [1.82, 2.24) is 4.90 Å². The number of nitrogens with zero attached hydrogens (tertiary/aromatic N) is 1. The summed E-state index contributed by atoms with van der Waals surface area (Å²) in [6, 6.07) is 10.6. The fourth-order valence-electron chi connectivity index (χ4n) is 2.18. The van der Waals surface area contributed by atoms with Gasteiger partial charge < -0.3 is 9.64 Å². The molecular weight excluding hydrogens is 238 g/mol. The lowest BCUT2D eigenvalue weighted by atomic mass is 9.96. The predicted molar refractivity (Wildman–Crippen MR) is 78.2 cm³/mol. The van der Waals surface area contributed by atoms with Gasteiger partial charge in [0, 0.05) is 13.1 Å². The van der Waals surface area contributed by atoms with Gasteiger partial charge in [-0.05, 0) is 31.9 Å². The molecule has 1 aromatic carbocycles. The summed E-state index contributed by atoms with van der Waals surface area (Å²) in [4.78, 5) is 13.5.